The summed E-state index contributed by atoms with van der Waals surface area (Å²) in [7, 11) is 0. The second kappa shape index (κ2) is 4.65. The Kier molecular flexibility index (Phi) is 3.22. The van der Waals surface area contributed by atoms with Crippen molar-refractivity contribution in [2.45, 2.75) is 33.7 Å². The molecule has 0 bridgehead atoms. The third-order valence-electron chi connectivity index (χ3n) is 2.59. The standard InChI is InChI=1S/C13H18N4/c1-13(2,3)6-8-17-10-12(15-16-17)11-5-4-7-14-9-11/h4-5,7,9-10H,6,8H2,1-3H3. The van der Waals surface area contributed by atoms with E-state index in [1.807, 2.05) is 23.0 Å². The van der Waals surface area contributed by atoms with Crippen molar-refractivity contribution in [3.63, 3.8) is 0 Å². The molecule has 0 unspecified atom stereocenters. The molecule has 0 aliphatic carbocycles. The van der Waals surface area contributed by atoms with Gasteiger partial charge in [-0.2, -0.15) is 0 Å². The highest BCUT2D eigenvalue weighted by Crippen LogP contribution is 2.20. The van der Waals surface area contributed by atoms with Crippen molar-refractivity contribution in [3.8, 4) is 11.3 Å². The zero-order chi connectivity index (χ0) is 12.3. The van der Waals surface area contributed by atoms with Gasteiger partial charge < -0.3 is 0 Å². The molecule has 17 heavy (non-hydrogen) atoms. The fourth-order valence-corrected chi connectivity index (χ4v) is 1.50. The molecule has 0 saturated heterocycles. The van der Waals surface area contributed by atoms with Crippen molar-refractivity contribution in [3.05, 3.63) is 30.7 Å². The molecule has 0 saturated carbocycles. The summed E-state index contributed by atoms with van der Waals surface area (Å²) in [5.41, 5.74) is 2.21. The topological polar surface area (TPSA) is 43.6 Å². The molecule has 0 spiro atoms. The van der Waals surface area contributed by atoms with Crippen LogP contribution in [0.5, 0.6) is 0 Å². The molecule has 4 nitrogen and oxygen atoms in total. The van der Waals surface area contributed by atoms with E-state index >= 15 is 0 Å². The van der Waals surface area contributed by atoms with Gasteiger partial charge in [-0.3, -0.25) is 9.67 Å². The van der Waals surface area contributed by atoms with Gasteiger partial charge >= 0.3 is 0 Å². The molecule has 2 rings (SSSR count). The molecule has 2 heterocycles. The first-order chi connectivity index (χ1) is 8.04. The molecule has 4 heteroatoms. The fraction of sp³-hybridized carbons (Fsp3) is 0.462. The van der Waals surface area contributed by atoms with Gasteiger partial charge in [0.15, 0.2) is 0 Å². The van der Waals surface area contributed by atoms with E-state index in [4.69, 9.17) is 0 Å². The predicted octanol–water partition coefficient (Wildman–Crippen LogP) is 2.78. The second-order valence-electron chi connectivity index (χ2n) is 5.42. The summed E-state index contributed by atoms with van der Waals surface area (Å²) in [6, 6.07) is 3.90. The van der Waals surface area contributed by atoms with Gasteiger partial charge in [-0.25, -0.2) is 0 Å². The average Bonchev–Trinajstić information content (AvgIpc) is 2.75. The van der Waals surface area contributed by atoms with Crippen LogP contribution in [-0.4, -0.2) is 20.0 Å². The highest BCUT2D eigenvalue weighted by atomic mass is 15.4. The maximum absolute atomic E-state index is 4.16. The van der Waals surface area contributed by atoms with Crippen LogP contribution in [0.2, 0.25) is 0 Å². The highest BCUT2D eigenvalue weighted by Gasteiger charge is 2.11. The Balaban J connectivity index is 2.07. The summed E-state index contributed by atoms with van der Waals surface area (Å²) < 4.78 is 1.90. The van der Waals surface area contributed by atoms with Gasteiger partial charge in [0.25, 0.3) is 0 Å². The van der Waals surface area contributed by atoms with E-state index in [1.54, 1.807) is 12.4 Å². The summed E-state index contributed by atoms with van der Waals surface area (Å²) in [4.78, 5) is 4.08. The number of rotatable bonds is 3. The molecule has 2 aromatic rings. The van der Waals surface area contributed by atoms with Gasteiger partial charge in [0.05, 0.1) is 6.20 Å². The summed E-state index contributed by atoms with van der Waals surface area (Å²) in [5.74, 6) is 0. The van der Waals surface area contributed by atoms with Gasteiger partial charge in [-0.05, 0) is 24.0 Å². The molecule has 0 atom stereocenters. The maximum atomic E-state index is 4.16. The van der Waals surface area contributed by atoms with E-state index in [1.165, 1.54) is 0 Å². The Morgan fingerprint density at radius 1 is 1.29 bits per heavy atom. The molecule has 0 N–H and O–H groups in total. The lowest BCUT2D eigenvalue weighted by atomic mass is 9.92. The number of aryl methyl sites for hydroxylation is 1. The van der Waals surface area contributed by atoms with Crippen molar-refractivity contribution in [1.82, 2.24) is 20.0 Å². The molecular weight excluding hydrogens is 212 g/mol. The molecule has 0 fully saturated rings. The Bertz CT molecular complexity index is 468. The van der Waals surface area contributed by atoms with Crippen LogP contribution in [0.4, 0.5) is 0 Å². The molecule has 0 radical (unpaired) electrons. The second-order valence-corrected chi connectivity index (χ2v) is 5.42. The van der Waals surface area contributed by atoms with Gasteiger partial charge in [0.2, 0.25) is 0 Å². The van der Waals surface area contributed by atoms with Crippen molar-refractivity contribution in [2.75, 3.05) is 0 Å². The molecule has 0 aliphatic rings. The molecular formula is C13H18N4. The Labute approximate surface area is 102 Å². The van der Waals surface area contributed by atoms with Gasteiger partial charge in [-0.1, -0.05) is 26.0 Å². The van der Waals surface area contributed by atoms with Crippen molar-refractivity contribution >= 4 is 0 Å². The Hall–Kier alpha value is -1.71. The molecule has 0 aliphatic heterocycles. The molecule has 90 valence electrons. The van der Waals surface area contributed by atoms with Crippen molar-refractivity contribution < 1.29 is 0 Å². The third kappa shape index (κ3) is 3.37. The van der Waals surface area contributed by atoms with E-state index in [2.05, 4.69) is 36.1 Å². The monoisotopic (exact) mass is 230 g/mol. The zero-order valence-electron chi connectivity index (χ0n) is 10.6. The van der Waals surface area contributed by atoms with Gasteiger partial charge in [0.1, 0.15) is 5.69 Å². The Morgan fingerprint density at radius 3 is 2.76 bits per heavy atom. The van der Waals surface area contributed by atoms with Gasteiger partial charge in [-0.15, -0.1) is 5.10 Å². The third-order valence-corrected chi connectivity index (χ3v) is 2.59. The van der Waals surface area contributed by atoms with E-state index in [-0.39, 0.29) is 0 Å². The molecule has 2 aromatic heterocycles. The predicted molar refractivity (Wildman–Crippen MR) is 67.3 cm³/mol. The molecule has 0 amide bonds. The minimum Gasteiger partial charge on any atom is -0.264 e. The van der Waals surface area contributed by atoms with Crippen LogP contribution < -0.4 is 0 Å². The zero-order valence-corrected chi connectivity index (χ0v) is 10.6. The van der Waals surface area contributed by atoms with E-state index < -0.39 is 0 Å². The first kappa shape index (κ1) is 11.8. The smallest absolute Gasteiger partial charge is 0.114 e. The summed E-state index contributed by atoms with van der Waals surface area (Å²) in [6.07, 6.45) is 6.62. The minimum absolute atomic E-state index is 0.320. The van der Waals surface area contributed by atoms with Crippen molar-refractivity contribution in [1.29, 1.82) is 0 Å². The lowest BCUT2D eigenvalue weighted by Gasteiger charge is -2.17. The SMILES string of the molecule is CC(C)(C)CCn1cc(-c2cccnc2)nn1. The van der Waals surface area contributed by atoms with Crippen LogP contribution in [-0.2, 0) is 6.54 Å². The highest BCUT2D eigenvalue weighted by molar-refractivity contribution is 5.55. The number of hydrogen-bond donors (Lipinski definition) is 0. The van der Waals surface area contributed by atoms with Crippen LogP contribution in [0.3, 0.4) is 0 Å². The largest absolute Gasteiger partial charge is 0.264 e. The normalized spacial score (nSPS) is 11.7. The fourth-order valence-electron chi connectivity index (χ4n) is 1.50. The van der Waals surface area contributed by atoms with Crippen LogP contribution in [0.25, 0.3) is 11.3 Å². The van der Waals surface area contributed by atoms with Crippen molar-refractivity contribution in [2.24, 2.45) is 5.41 Å². The van der Waals surface area contributed by atoms with Crippen LogP contribution >= 0.6 is 0 Å². The van der Waals surface area contributed by atoms with Crippen LogP contribution in [0.15, 0.2) is 30.7 Å². The number of hydrogen-bond acceptors (Lipinski definition) is 3. The van der Waals surface area contributed by atoms with E-state index in [9.17, 15) is 0 Å². The summed E-state index contributed by atoms with van der Waals surface area (Å²) in [5, 5.41) is 8.29. The van der Waals surface area contributed by atoms with E-state index in [0.29, 0.717) is 5.41 Å². The first-order valence-corrected chi connectivity index (χ1v) is 5.85. The van der Waals surface area contributed by atoms with Crippen LogP contribution in [0, 0.1) is 5.41 Å². The number of aromatic nitrogens is 4. The number of nitrogens with zero attached hydrogens (tertiary/aromatic N) is 4. The maximum Gasteiger partial charge on any atom is 0.114 e. The number of pyridine rings is 1. The lowest BCUT2D eigenvalue weighted by Crippen LogP contribution is -2.10. The van der Waals surface area contributed by atoms with Crippen LogP contribution in [0.1, 0.15) is 27.2 Å². The quantitative estimate of drug-likeness (QED) is 0.814. The first-order valence-electron chi connectivity index (χ1n) is 5.85. The van der Waals surface area contributed by atoms with Gasteiger partial charge in [0, 0.05) is 24.5 Å². The Morgan fingerprint density at radius 2 is 2.12 bits per heavy atom. The summed E-state index contributed by atoms with van der Waals surface area (Å²) >= 11 is 0. The average molecular weight is 230 g/mol. The van der Waals surface area contributed by atoms with E-state index in [0.717, 1.165) is 24.2 Å². The summed E-state index contributed by atoms with van der Waals surface area (Å²) in [6.45, 7) is 7.58. The lowest BCUT2D eigenvalue weighted by molar-refractivity contribution is 0.339. The minimum atomic E-state index is 0.320. The molecule has 0 aromatic carbocycles.